The zero-order valence-corrected chi connectivity index (χ0v) is 15.7. The normalized spacial score (nSPS) is 11.5. The van der Waals surface area contributed by atoms with Crippen molar-refractivity contribution >= 4 is 17.5 Å². The summed E-state index contributed by atoms with van der Waals surface area (Å²) < 4.78 is 13.2. The number of likely N-dealkylation sites (N-methyl/N-ethyl adjacent to an activating group) is 1. The number of carbonyl (C=O) groups excluding carboxylic acids is 2. The Bertz CT molecular complexity index is 855. The van der Waals surface area contributed by atoms with E-state index in [2.05, 4.69) is 5.32 Å². The number of benzene rings is 2. The fraction of sp³-hybridized carbons (Fsp3) is 0.300. The highest BCUT2D eigenvalue weighted by atomic mass is 19.1. The van der Waals surface area contributed by atoms with Crippen LogP contribution in [-0.4, -0.2) is 34.7 Å². The van der Waals surface area contributed by atoms with Gasteiger partial charge in [-0.15, -0.1) is 0 Å². The van der Waals surface area contributed by atoms with Gasteiger partial charge in [-0.1, -0.05) is 37.3 Å². The minimum atomic E-state index is -0.745. The quantitative estimate of drug-likeness (QED) is 0.557. The maximum atomic E-state index is 13.2. The van der Waals surface area contributed by atoms with Gasteiger partial charge in [0.05, 0.1) is 11.3 Å². The van der Waals surface area contributed by atoms with Gasteiger partial charge < -0.3 is 10.2 Å². The third kappa shape index (κ3) is 5.12. The van der Waals surface area contributed by atoms with Gasteiger partial charge in [-0.05, 0) is 24.1 Å². The topological polar surface area (TPSA) is 92.6 Å². The molecule has 1 atom stereocenters. The first-order valence-corrected chi connectivity index (χ1v) is 8.85. The van der Waals surface area contributed by atoms with Crippen LogP contribution in [0, 0.1) is 15.9 Å². The molecule has 28 heavy (non-hydrogen) atoms. The second-order valence-electron chi connectivity index (χ2n) is 6.25. The van der Waals surface area contributed by atoms with Crippen LogP contribution in [0.5, 0.6) is 0 Å². The molecule has 2 aromatic carbocycles. The molecular formula is C20H22FN3O4. The zero-order valence-electron chi connectivity index (χ0n) is 15.7. The van der Waals surface area contributed by atoms with Gasteiger partial charge in [0, 0.05) is 25.2 Å². The van der Waals surface area contributed by atoms with Crippen LogP contribution in [0.15, 0.2) is 48.5 Å². The Labute approximate surface area is 162 Å². The summed E-state index contributed by atoms with van der Waals surface area (Å²) in [6.07, 6.45) is 0.148. The lowest BCUT2D eigenvalue weighted by molar-refractivity contribution is -0.385. The zero-order chi connectivity index (χ0) is 20.7. The van der Waals surface area contributed by atoms with E-state index in [1.165, 1.54) is 54.4 Å². The Balaban J connectivity index is 2.34. The number of halogens is 1. The average molecular weight is 387 g/mol. The van der Waals surface area contributed by atoms with Crippen LogP contribution in [0.1, 0.15) is 24.5 Å². The Kier molecular flexibility index (Phi) is 7.20. The summed E-state index contributed by atoms with van der Waals surface area (Å²) in [6.45, 7) is 1.86. The predicted molar refractivity (Wildman–Crippen MR) is 102 cm³/mol. The fourth-order valence-corrected chi connectivity index (χ4v) is 2.98. The van der Waals surface area contributed by atoms with E-state index in [0.717, 1.165) is 0 Å². The van der Waals surface area contributed by atoms with Crippen molar-refractivity contribution in [3.63, 3.8) is 0 Å². The van der Waals surface area contributed by atoms with Crippen molar-refractivity contribution in [3.8, 4) is 0 Å². The molecule has 2 amide bonds. The van der Waals surface area contributed by atoms with Gasteiger partial charge in [0.25, 0.3) is 5.69 Å². The molecule has 148 valence electrons. The summed E-state index contributed by atoms with van der Waals surface area (Å²) in [4.78, 5) is 37.4. The number of nitro benzene ring substituents is 1. The van der Waals surface area contributed by atoms with Crippen molar-refractivity contribution in [1.29, 1.82) is 0 Å². The molecule has 0 aliphatic heterocycles. The summed E-state index contributed by atoms with van der Waals surface area (Å²) in [5, 5.41) is 13.8. The summed E-state index contributed by atoms with van der Waals surface area (Å²) in [6, 6.07) is 10.9. The van der Waals surface area contributed by atoms with Crippen LogP contribution in [0.4, 0.5) is 10.1 Å². The molecule has 0 heterocycles. The second kappa shape index (κ2) is 9.59. The number of carbonyl (C=O) groups is 2. The molecule has 1 N–H and O–H groups in total. The second-order valence-corrected chi connectivity index (χ2v) is 6.25. The maximum Gasteiger partial charge on any atom is 0.273 e. The SMILES string of the molecule is CCC(C(=O)NC)N(Cc1ccc(F)cc1)C(=O)Cc1ccccc1[N+](=O)[O-]. The highest BCUT2D eigenvalue weighted by Gasteiger charge is 2.29. The summed E-state index contributed by atoms with van der Waals surface area (Å²) in [7, 11) is 1.48. The number of nitro groups is 1. The molecule has 7 nitrogen and oxygen atoms in total. The number of nitrogens with zero attached hydrogens (tertiary/aromatic N) is 2. The van der Waals surface area contributed by atoms with Gasteiger partial charge >= 0.3 is 0 Å². The summed E-state index contributed by atoms with van der Waals surface area (Å²) in [5.74, 6) is -1.16. The number of para-hydroxylation sites is 1. The highest BCUT2D eigenvalue weighted by molar-refractivity contribution is 5.88. The molecule has 0 radical (unpaired) electrons. The van der Waals surface area contributed by atoms with Crippen molar-refractivity contribution in [1.82, 2.24) is 10.2 Å². The van der Waals surface area contributed by atoms with Gasteiger partial charge in [0.15, 0.2) is 0 Å². The molecule has 1 unspecified atom stereocenters. The van der Waals surface area contributed by atoms with Crippen molar-refractivity contribution in [2.45, 2.75) is 32.4 Å². The minimum absolute atomic E-state index is 0.0890. The van der Waals surface area contributed by atoms with E-state index < -0.39 is 22.7 Å². The Hall–Kier alpha value is -3.29. The molecule has 0 fully saturated rings. The van der Waals surface area contributed by atoms with Crippen LogP contribution >= 0.6 is 0 Å². The lowest BCUT2D eigenvalue weighted by atomic mass is 10.1. The van der Waals surface area contributed by atoms with Crippen molar-refractivity contribution < 1.29 is 18.9 Å². The number of hydrogen-bond donors (Lipinski definition) is 1. The van der Waals surface area contributed by atoms with E-state index in [1.807, 2.05) is 0 Å². The molecular weight excluding hydrogens is 365 g/mol. The van der Waals surface area contributed by atoms with E-state index >= 15 is 0 Å². The lowest BCUT2D eigenvalue weighted by Crippen LogP contribution is -2.48. The summed E-state index contributed by atoms with van der Waals surface area (Å²) in [5.41, 5.74) is 0.776. The van der Waals surface area contributed by atoms with Gasteiger partial charge in [0.2, 0.25) is 11.8 Å². The lowest BCUT2D eigenvalue weighted by Gasteiger charge is -2.30. The van der Waals surface area contributed by atoms with E-state index in [-0.39, 0.29) is 30.1 Å². The van der Waals surface area contributed by atoms with E-state index in [9.17, 15) is 24.1 Å². The molecule has 0 saturated carbocycles. The van der Waals surface area contributed by atoms with E-state index in [4.69, 9.17) is 0 Å². The third-order valence-corrected chi connectivity index (χ3v) is 4.43. The molecule has 0 aromatic heterocycles. The third-order valence-electron chi connectivity index (χ3n) is 4.43. The van der Waals surface area contributed by atoms with Crippen LogP contribution < -0.4 is 5.32 Å². The number of hydrogen-bond acceptors (Lipinski definition) is 4. The first-order valence-electron chi connectivity index (χ1n) is 8.85. The average Bonchev–Trinajstić information content (AvgIpc) is 2.69. The smallest absolute Gasteiger partial charge is 0.273 e. The van der Waals surface area contributed by atoms with Gasteiger partial charge in [-0.3, -0.25) is 19.7 Å². The van der Waals surface area contributed by atoms with Gasteiger partial charge in [-0.2, -0.15) is 0 Å². The summed E-state index contributed by atoms with van der Waals surface area (Å²) >= 11 is 0. The first kappa shape index (κ1) is 21.0. The maximum absolute atomic E-state index is 13.2. The van der Waals surface area contributed by atoms with Gasteiger partial charge in [-0.25, -0.2) is 4.39 Å². The van der Waals surface area contributed by atoms with Crippen LogP contribution in [0.3, 0.4) is 0 Å². The van der Waals surface area contributed by atoms with Crippen LogP contribution in [0.2, 0.25) is 0 Å². The monoisotopic (exact) mass is 387 g/mol. The molecule has 0 bridgehead atoms. The Morgan fingerprint density at radius 3 is 2.39 bits per heavy atom. The van der Waals surface area contributed by atoms with E-state index in [0.29, 0.717) is 12.0 Å². The molecule has 0 saturated heterocycles. The molecule has 2 rings (SSSR count). The standard InChI is InChI=1S/C20H22FN3O4/c1-3-17(20(26)22-2)23(13-14-8-10-16(21)11-9-14)19(25)12-15-6-4-5-7-18(15)24(27)28/h4-11,17H,3,12-13H2,1-2H3,(H,22,26). The van der Waals surface area contributed by atoms with Crippen LogP contribution in [-0.2, 0) is 22.6 Å². The largest absolute Gasteiger partial charge is 0.357 e. The van der Waals surface area contributed by atoms with E-state index in [1.54, 1.807) is 13.0 Å². The Morgan fingerprint density at radius 1 is 1.18 bits per heavy atom. The number of rotatable bonds is 8. The highest BCUT2D eigenvalue weighted by Crippen LogP contribution is 2.21. The minimum Gasteiger partial charge on any atom is -0.357 e. The molecule has 0 aliphatic rings. The fourth-order valence-electron chi connectivity index (χ4n) is 2.98. The van der Waals surface area contributed by atoms with Gasteiger partial charge in [0.1, 0.15) is 11.9 Å². The van der Waals surface area contributed by atoms with Crippen molar-refractivity contribution in [2.75, 3.05) is 7.05 Å². The van der Waals surface area contributed by atoms with Crippen LogP contribution in [0.25, 0.3) is 0 Å². The molecule has 0 aliphatic carbocycles. The number of nitrogens with one attached hydrogen (secondary N) is 1. The predicted octanol–water partition coefficient (Wildman–Crippen LogP) is 2.83. The van der Waals surface area contributed by atoms with Crippen molar-refractivity contribution in [3.05, 3.63) is 75.6 Å². The Morgan fingerprint density at radius 2 is 1.82 bits per heavy atom. The first-order chi connectivity index (χ1) is 13.4. The van der Waals surface area contributed by atoms with Crippen molar-refractivity contribution in [2.24, 2.45) is 0 Å². The molecule has 8 heteroatoms. The molecule has 2 aromatic rings. The number of amides is 2. The molecule has 0 spiro atoms.